The van der Waals surface area contributed by atoms with E-state index in [-0.39, 0.29) is 0 Å². The number of nitrogens with one attached hydrogen (secondary N) is 1. The minimum absolute atomic E-state index is 0.473. The van der Waals surface area contributed by atoms with Gasteiger partial charge < -0.3 is 5.32 Å². The van der Waals surface area contributed by atoms with E-state index in [1.165, 1.54) is 15.6 Å². The minimum Gasteiger partial charge on any atom is -0.312 e. The fraction of sp³-hybridized carbons (Fsp3) is 0.692. The second-order valence-electron chi connectivity index (χ2n) is 5.18. The van der Waals surface area contributed by atoms with Crippen LogP contribution in [0.2, 0.25) is 0 Å². The van der Waals surface area contributed by atoms with Gasteiger partial charge in [-0.15, -0.1) is 11.3 Å². The standard InChI is InChI=1S/C13H22N2O2S2/c1-4-14-8-12-10(2)7-13(18-12)19(16,17)15(3)9-11-5-6-11/h7,11,14H,4-6,8-9H2,1-3H3. The number of rotatable bonds is 7. The molecule has 1 fully saturated rings. The van der Waals surface area contributed by atoms with E-state index >= 15 is 0 Å². The first-order valence-corrected chi connectivity index (χ1v) is 8.97. The number of nitrogens with zero attached hydrogens (tertiary/aromatic N) is 1. The lowest BCUT2D eigenvalue weighted by Crippen LogP contribution is -2.28. The van der Waals surface area contributed by atoms with Crippen molar-refractivity contribution < 1.29 is 8.42 Å². The Labute approximate surface area is 119 Å². The maximum atomic E-state index is 12.5. The molecule has 0 saturated heterocycles. The summed E-state index contributed by atoms with van der Waals surface area (Å²) in [6, 6.07) is 1.80. The minimum atomic E-state index is -3.30. The second kappa shape index (κ2) is 5.91. The van der Waals surface area contributed by atoms with Gasteiger partial charge in [0.15, 0.2) is 0 Å². The molecule has 4 nitrogen and oxygen atoms in total. The molecular formula is C13H22N2O2S2. The number of hydrogen-bond donors (Lipinski definition) is 1. The largest absolute Gasteiger partial charge is 0.312 e. The van der Waals surface area contributed by atoms with Crippen LogP contribution in [0.25, 0.3) is 0 Å². The third-order valence-electron chi connectivity index (χ3n) is 3.41. The van der Waals surface area contributed by atoms with Crippen molar-refractivity contribution in [2.45, 2.75) is 37.4 Å². The molecule has 1 N–H and O–H groups in total. The van der Waals surface area contributed by atoms with Gasteiger partial charge in [0.2, 0.25) is 0 Å². The van der Waals surface area contributed by atoms with Crippen LogP contribution in [0.1, 0.15) is 30.2 Å². The normalized spacial score (nSPS) is 16.2. The topological polar surface area (TPSA) is 49.4 Å². The Morgan fingerprint density at radius 2 is 2.16 bits per heavy atom. The molecule has 6 heteroatoms. The molecule has 1 aliphatic carbocycles. The van der Waals surface area contributed by atoms with Gasteiger partial charge in [0.05, 0.1) is 0 Å². The summed E-state index contributed by atoms with van der Waals surface area (Å²) in [5, 5.41) is 3.24. The van der Waals surface area contributed by atoms with E-state index in [1.807, 2.05) is 13.8 Å². The molecule has 1 aromatic rings. The van der Waals surface area contributed by atoms with Crippen molar-refractivity contribution in [3.8, 4) is 0 Å². The number of thiophene rings is 1. The number of hydrogen-bond acceptors (Lipinski definition) is 4. The van der Waals surface area contributed by atoms with E-state index < -0.39 is 10.0 Å². The van der Waals surface area contributed by atoms with Crippen LogP contribution >= 0.6 is 11.3 Å². The van der Waals surface area contributed by atoms with E-state index in [0.29, 0.717) is 16.7 Å². The van der Waals surface area contributed by atoms with E-state index in [4.69, 9.17) is 0 Å². The zero-order valence-electron chi connectivity index (χ0n) is 11.8. The molecule has 19 heavy (non-hydrogen) atoms. The average molecular weight is 302 g/mol. The Kier molecular flexibility index (Phi) is 4.66. The second-order valence-corrected chi connectivity index (χ2v) is 8.59. The first-order valence-electron chi connectivity index (χ1n) is 6.71. The zero-order chi connectivity index (χ0) is 14.0. The SMILES string of the molecule is CCNCc1sc(S(=O)(=O)N(C)CC2CC2)cc1C. The molecule has 0 unspecified atom stereocenters. The van der Waals surface area contributed by atoms with Gasteiger partial charge in [-0.25, -0.2) is 8.42 Å². The first kappa shape index (κ1) is 15.0. The molecule has 2 rings (SSSR count). The summed E-state index contributed by atoms with van der Waals surface area (Å²) in [6.45, 7) is 6.31. The number of aryl methyl sites for hydroxylation is 1. The van der Waals surface area contributed by atoms with Crippen molar-refractivity contribution in [1.82, 2.24) is 9.62 Å². The highest BCUT2D eigenvalue weighted by Crippen LogP contribution is 2.33. The van der Waals surface area contributed by atoms with Crippen molar-refractivity contribution in [3.05, 3.63) is 16.5 Å². The van der Waals surface area contributed by atoms with Crippen molar-refractivity contribution in [1.29, 1.82) is 0 Å². The van der Waals surface area contributed by atoms with Crippen molar-refractivity contribution >= 4 is 21.4 Å². The molecule has 1 saturated carbocycles. The summed E-state index contributed by atoms with van der Waals surface area (Å²) in [5.41, 5.74) is 1.06. The zero-order valence-corrected chi connectivity index (χ0v) is 13.4. The molecule has 0 aromatic carbocycles. The van der Waals surface area contributed by atoms with Crippen LogP contribution in [-0.4, -0.2) is 32.9 Å². The molecule has 108 valence electrons. The predicted molar refractivity (Wildman–Crippen MR) is 79.0 cm³/mol. The van der Waals surface area contributed by atoms with E-state index in [2.05, 4.69) is 5.32 Å². The fourth-order valence-electron chi connectivity index (χ4n) is 1.95. The molecule has 1 heterocycles. The van der Waals surface area contributed by atoms with Crippen LogP contribution in [0.3, 0.4) is 0 Å². The summed E-state index contributed by atoms with van der Waals surface area (Å²) in [6.07, 6.45) is 2.32. The van der Waals surface area contributed by atoms with Gasteiger partial charge in [-0.05, 0) is 43.9 Å². The summed E-state index contributed by atoms with van der Waals surface area (Å²) in [7, 11) is -1.61. The van der Waals surface area contributed by atoms with Gasteiger partial charge in [-0.2, -0.15) is 4.31 Å². The van der Waals surface area contributed by atoms with Crippen LogP contribution in [0.4, 0.5) is 0 Å². The molecule has 0 bridgehead atoms. The van der Waals surface area contributed by atoms with Crippen LogP contribution in [0.5, 0.6) is 0 Å². The van der Waals surface area contributed by atoms with E-state index in [9.17, 15) is 8.42 Å². The van der Waals surface area contributed by atoms with Crippen LogP contribution in [0, 0.1) is 12.8 Å². The van der Waals surface area contributed by atoms with Crippen LogP contribution < -0.4 is 5.32 Å². The molecular weight excluding hydrogens is 280 g/mol. The van der Waals surface area contributed by atoms with Crippen molar-refractivity contribution in [2.24, 2.45) is 5.92 Å². The summed E-state index contributed by atoms with van der Waals surface area (Å²) >= 11 is 1.39. The third-order valence-corrected chi connectivity index (χ3v) is 6.92. The molecule has 1 aromatic heterocycles. The maximum absolute atomic E-state index is 12.5. The molecule has 0 aliphatic heterocycles. The quantitative estimate of drug-likeness (QED) is 0.840. The van der Waals surface area contributed by atoms with Crippen LogP contribution in [-0.2, 0) is 16.6 Å². The Balaban J connectivity index is 2.14. The first-order chi connectivity index (χ1) is 8.95. The van der Waals surface area contributed by atoms with Gasteiger partial charge in [0, 0.05) is 25.0 Å². The monoisotopic (exact) mass is 302 g/mol. The van der Waals surface area contributed by atoms with E-state index in [1.54, 1.807) is 13.1 Å². The predicted octanol–water partition coefficient (Wildman–Crippen LogP) is 2.20. The Morgan fingerprint density at radius 1 is 1.47 bits per heavy atom. The number of sulfonamides is 1. The Morgan fingerprint density at radius 3 is 2.74 bits per heavy atom. The fourth-order valence-corrected chi connectivity index (χ4v) is 4.96. The summed E-state index contributed by atoms with van der Waals surface area (Å²) < 4.78 is 26.9. The van der Waals surface area contributed by atoms with Gasteiger partial charge >= 0.3 is 0 Å². The Hall–Kier alpha value is -0.430. The van der Waals surface area contributed by atoms with Crippen molar-refractivity contribution in [2.75, 3.05) is 20.1 Å². The summed E-state index contributed by atoms with van der Waals surface area (Å²) in [5.74, 6) is 0.571. The van der Waals surface area contributed by atoms with Gasteiger partial charge in [-0.3, -0.25) is 0 Å². The highest BCUT2D eigenvalue weighted by Gasteiger charge is 2.30. The molecule has 0 radical (unpaired) electrons. The highest BCUT2D eigenvalue weighted by molar-refractivity contribution is 7.91. The molecule has 0 atom stereocenters. The smallest absolute Gasteiger partial charge is 0.252 e. The maximum Gasteiger partial charge on any atom is 0.252 e. The van der Waals surface area contributed by atoms with Crippen LogP contribution in [0.15, 0.2) is 10.3 Å². The lowest BCUT2D eigenvalue weighted by Gasteiger charge is -2.15. The molecule has 0 spiro atoms. The van der Waals surface area contributed by atoms with Gasteiger partial charge in [-0.1, -0.05) is 6.92 Å². The lowest BCUT2D eigenvalue weighted by atomic mass is 10.3. The van der Waals surface area contributed by atoms with Crippen molar-refractivity contribution in [3.63, 3.8) is 0 Å². The average Bonchev–Trinajstić information content (AvgIpc) is 3.08. The summed E-state index contributed by atoms with van der Waals surface area (Å²) in [4.78, 5) is 1.11. The Bertz CT molecular complexity index is 533. The molecule has 1 aliphatic rings. The lowest BCUT2D eigenvalue weighted by molar-refractivity contribution is 0.454. The van der Waals surface area contributed by atoms with Gasteiger partial charge in [0.1, 0.15) is 4.21 Å². The highest BCUT2D eigenvalue weighted by atomic mass is 32.2. The van der Waals surface area contributed by atoms with Gasteiger partial charge in [0.25, 0.3) is 10.0 Å². The third kappa shape index (κ3) is 3.56. The van der Waals surface area contributed by atoms with E-state index in [0.717, 1.165) is 36.4 Å². The molecule has 0 amide bonds.